The van der Waals surface area contributed by atoms with Gasteiger partial charge in [-0.05, 0) is 36.4 Å². The first-order valence-corrected chi connectivity index (χ1v) is 6.44. The van der Waals surface area contributed by atoms with Gasteiger partial charge in [-0.15, -0.1) is 11.6 Å². The number of hydrogen-bond acceptors (Lipinski definition) is 4. The molecule has 96 valence electrons. The van der Waals surface area contributed by atoms with E-state index in [-0.39, 0.29) is 6.04 Å². The van der Waals surface area contributed by atoms with Crippen molar-refractivity contribution < 1.29 is 0 Å². The Morgan fingerprint density at radius 1 is 1.28 bits per heavy atom. The smallest absolute Gasteiger partial charge is 0.250 e. The fraction of sp³-hybridized carbons (Fsp3) is 0.417. The molecular formula is C12H16ClN5. The predicted octanol–water partition coefficient (Wildman–Crippen LogP) is 2.12. The van der Waals surface area contributed by atoms with Gasteiger partial charge >= 0.3 is 0 Å². The van der Waals surface area contributed by atoms with Crippen molar-refractivity contribution in [1.29, 1.82) is 0 Å². The number of hydrogen-bond donors (Lipinski definition) is 0. The molecule has 1 heterocycles. The molecule has 0 fully saturated rings. The van der Waals surface area contributed by atoms with Crippen LogP contribution in [0.15, 0.2) is 30.3 Å². The molecule has 0 aliphatic heterocycles. The third kappa shape index (κ3) is 2.61. The Hall–Kier alpha value is -1.62. The molecule has 0 radical (unpaired) electrons. The summed E-state index contributed by atoms with van der Waals surface area (Å²) in [5, 5.41) is 11.9. The monoisotopic (exact) mass is 265 g/mol. The predicted molar refractivity (Wildman–Crippen MR) is 72.4 cm³/mol. The second-order valence-corrected chi connectivity index (χ2v) is 4.58. The van der Waals surface area contributed by atoms with Crippen molar-refractivity contribution in [1.82, 2.24) is 20.2 Å². The zero-order valence-electron chi connectivity index (χ0n) is 10.5. The molecule has 2 rings (SSSR count). The van der Waals surface area contributed by atoms with Gasteiger partial charge in [0.25, 0.3) is 5.95 Å². The highest BCUT2D eigenvalue weighted by molar-refractivity contribution is 6.18. The van der Waals surface area contributed by atoms with Crippen LogP contribution in [0.3, 0.4) is 0 Å². The molecule has 0 saturated heterocycles. The number of anilines is 1. The Bertz CT molecular complexity index is 482. The SMILES string of the molecule is CC(C)N(CCCl)c1nnnn1-c1ccccc1. The van der Waals surface area contributed by atoms with Gasteiger partial charge in [-0.2, -0.15) is 4.68 Å². The van der Waals surface area contributed by atoms with Crippen molar-refractivity contribution in [2.24, 2.45) is 0 Å². The lowest BCUT2D eigenvalue weighted by Gasteiger charge is -2.25. The lowest BCUT2D eigenvalue weighted by molar-refractivity contribution is 0.667. The van der Waals surface area contributed by atoms with E-state index in [0.29, 0.717) is 12.4 Å². The average molecular weight is 266 g/mol. The second-order valence-electron chi connectivity index (χ2n) is 4.20. The van der Waals surface area contributed by atoms with Crippen LogP contribution < -0.4 is 4.90 Å². The van der Waals surface area contributed by atoms with Crippen molar-refractivity contribution in [2.45, 2.75) is 19.9 Å². The van der Waals surface area contributed by atoms with Crippen LogP contribution in [0.5, 0.6) is 0 Å². The molecule has 1 aromatic carbocycles. The summed E-state index contributed by atoms with van der Waals surface area (Å²) in [4.78, 5) is 2.08. The average Bonchev–Trinajstić information content (AvgIpc) is 2.85. The van der Waals surface area contributed by atoms with Crippen LogP contribution in [0.4, 0.5) is 5.95 Å². The summed E-state index contributed by atoms with van der Waals surface area (Å²) in [5.41, 5.74) is 0.942. The topological polar surface area (TPSA) is 46.8 Å². The Labute approximate surface area is 111 Å². The van der Waals surface area contributed by atoms with Gasteiger partial charge in [-0.3, -0.25) is 0 Å². The largest absolute Gasteiger partial charge is 0.336 e. The molecule has 0 atom stereocenters. The summed E-state index contributed by atoms with van der Waals surface area (Å²) >= 11 is 5.84. The maximum Gasteiger partial charge on any atom is 0.250 e. The zero-order chi connectivity index (χ0) is 13.0. The molecular weight excluding hydrogens is 250 g/mol. The summed E-state index contributed by atoms with van der Waals surface area (Å²) < 4.78 is 1.73. The minimum Gasteiger partial charge on any atom is -0.336 e. The maximum absolute atomic E-state index is 5.84. The molecule has 0 unspecified atom stereocenters. The first-order chi connectivity index (χ1) is 8.74. The number of rotatable bonds is 5. The van der Waals surface area contributed by atoms with Crippen molar-refractivity contribution >= 4 is 17.5 Å². The lowest BCUT2D eigenvalue weighted by atomic mass is 10.3. The Balaban J connectivity index is 2.37. The molecule has 0 bridgehead atoms. The second kappa shape index (κ2) is 5.82. The summed E-state index contributed by atoms with van der Waals surface area (Å²) in [6, 6.07) is 10.1. The van der Waals surface area contributed by atoms with E-state index in [1.54, 1.807) is 4.68 Å². The molecule has 6 heteroatoms. The number of alkyl halides is 1. The molecule has 18 heavy (non-hydrogen) atoms. The van der Waals surface area contributed by atoms with Gasteiger partial charge in [0.15, 0.2) is 0 Å². The van der Waals surface area contributed by atoms with E-state index in [1.807, 2.05) is 30.3 Å². The van der Waals surface area contributed by atoms with Crippen LogP contribution in [0.25, 0.3) is 5.69 Å². The van der Waals surface area contributed by atoms with E-state index in [0.717, 1.165) is 11.6 Å². The van der Waals surface area contributed by atoms with Gasteiger partial charge in [0.05, 0.1) is 5.69 Å². The van der Waals surface area contributed by atoms with Gasteiger partial charge in [0.1, 0.15) is 0 Å². The van der Waals surface area contributed by atoms with E-state index >= 15 is 0 Å². The highest BCUT2D eigenvalue weighted by atomic mass is 35.5. The van der Waals surface area contributed by atoms with Crippen LogP contribution in [-0.2, 0) is 0 Å². The van der Waals surface area contributed by atoms with Crippen molar-refractivity contribution in [3.05, 3.63) is 30.3 Å². The highest BCUT2D eigenvalue weighted by Crippen LogP contribution is 2.17. The third-order valence-electron chi connectivity index (χ3n) is 2.66. The van der Waals surface area contributed by atoms with E-state index in [4.69, 9.17) is 11.6 Å². The first-order valence-electron chi connectivity index (χ1n) is 5.90. The van der Waals surface area contributed by atoms with E-state index < -0.39 is 0 Å². The van der Waals surface area contributed by atoms with E-state index in [1.165, 1.54) is 0 Å². The molecule has 2 aromatic rings. The molecule has 0 N–H and O–H groups in total. The fourth-order valence-corrected chi connectivity index (χ4v) is 1.96. The lowest BCUT2D eigenvalue weighted by Crippen LogP contribution is -2.34. The number of halogens is 1. The standard InChI is InChI=1S/C12H16ClN5/c1-10(2)17(9-8-13)12-14-15-16-18(12)11-6-4-3-5-7-11/h3-7,10H,8-9H2,1-2H3. The molecule has 0 saturated carbocycles. The minimum atomic E-state index is 0.289. The van der Waals surface area contributed by atoms with Gasteiger partial charge in [-0.1, -0.05) is 23.3 Å². The van der Waals surface area contributed by atoms with Gasteiger partial charge in [-0.25, -0.2) is 0 Å². The number of para-hydroxylation sites is 1. The van der Waals surface area contributed by atoms with Crippen molar-refractivity contribution in [3.63, 3.8) is 0 Å². The number of benzene rings is 1. The number of nitrogens with zero attached hydrogens (tertiary/aromatic N) is 5. The fourth-order valence-electron chi connectivity index (χ4n) is 1.78. The van der Waals surface area contributed by atoms with E-state index in [9.17, 15) is 0 Å². The van der Waals surface area contributed by atoms with E-state index in [2.05, 4.69) is 34.3 Å². The number of tetrazole rings is 1. The van der Waals surface area contributed by atoms with Crippen molar-refractivity contribution in [3.8, 4) is 5.69 Å². The van der Waals surface area contributed by atoms with Crippen LogP contribution >= 0.6 is 11.6 Å². The molecule has 0 aliphatic rings. The minimum absolute atomic E-state index is 0.289. The Morgan fingerprint density at radius 3 is 2.61 bits per heavy atom. The van der Waals surface area contributed by atoms with Gasteiger partial charge < -0.3 is 4.90 Å². The summed E-state index contributed by atoms with van der Waals surface area (Å²) in [6.45, 7) is 4.90. The highest BCUT2D eigenvalue weighted by Gasteiger charge is 2.18. The molecule has 0 spiro atoms. The first kappa shape index (κ1) is 12.8. The Morgan fingerprint density at radius 2 is 2.00 bits per heavy atom. The zero-order valence-corrected chi connectivity index (χ0v) is 11.2. The summed E-state index contributed by atoms with van der Waals surface area (Å²) in [5.74, 6) is 1.26. The normalized spacial score (nSPS) is 10.9. The maximum atomic E-state index is 5.84. The summed E-state index contributed by atoms with van der Waals surface area (Å²) in [7, 11) is 0. The molecule has 0 amide bonds. The van der Waals surface area contributed by atoms with Crippen LogP contribution in [0, 0.1) is 0 Å². The molecule has 5 nitrogen and oxygen atoms in total. The number of aromatic nitrogens is 4. The van der Waals surface area contributed by atoms with Crippen LogP contribution in [0.1, 0.15) is 13.8 Å². The van der Waals surface area contributed by atoms with Gasteiger partial charge in [0.2, 0.25) is 0 Å². The summed E-state index contributed by atoms with van der Waals surface area (Å²) in [6.07, 6.45) is 0. The van der Waals surface area contributed by atoms with Crippen LogP contribution in [0.2, 0.25) is 0 Å². The van der Waals surface area contributed by atoms with Crippen molar-refractivity contribution in [2.75, 3.05) is 17.3 Å². The molecule has 0 aliphatic carbocycles. The molecule has 1 aromatic heterocycles. The van der Waals surface area contributed by atoms with Crippen LogP contribution in [-0.4, -0.2) is 38.7 Å². The van der Waals surface area contributed by atoms with Gasteiger partial charge in [0, 0.05) is 18.5 Å². The quantitative estimate of drug-likeness (QED) is 0.777. The third-order valence-corrected chi connectivity index (χ3v) is 2.83. The Kier molecular flexibility index (Phi) is 4.15.